The number of nitrogens with zero attached hydrogens (tertiary/aromatic N) is 1. The average Bonchev–Trinajstić information content (AvgIpc) is 2.69. The van der Waals surface area contributed by atoms with Crippen molar-refractivity contribution in [2.24, 2.45) is 0 Å². The van der Waals surface area contributed by atoms with E-state index in [4.69, 9.17) is 0 Å². The van der Waals surface area contributed by atoms with Gasteiger partial charge in [-0.3, -0.25) is 0 Å². The summed E-state index contributed by atoms with van der Waals surface area (Å²) in [4.78, 5) is 2.53. The highest BCUT2D eigenvalue weighted by molar-refractivity contribution is 9.10. The molecule has 88 valence electrons. The summed E-state index contributed by atoms with van der Waals surface area (Å²) in [6.45, 7) is 6.87. The van der Waals surface area contributed by atoms with Crippen LogP contribution < -0.4 is 5.32 Å². The molecule has 1 aromatic carbocycles. The topological polar surface area (TPSA) is 15.3 Å². The molecular weight excluding hydrogens is 264 g/mol. The molecule has 1 heterocycles. The van der Waals surface area contributed by atoms with Gasteiger partial charge < -0.3 is 10.2 Å². The van der Waals surface area contributed by atoms with Crippen LogP contribution in [0.3, 0.4) is 0 Å². The van der Waals surface area contributed by atoms with E-state index in [0.29, 0.717) is 0 Å². The van der Waals surface area contributed by atoms with E-state index in [0.717, 1.165) is 17.6 Å². The van der Waals surface area contributed by atoms with Crippen LogP contribution in [-0.2, 0) is 0 Å². The Morgan fingerprint density at radius 3 is 2.69 bits per heavy atom. The predicted molar refractivity (Wildman–Crippen MR) is 73.0 cm³/mol. The van der Waals surface area contributed by atoms with Gasteiger partial charge in [-0.05, 0) is 56.6 Å². The maximum atomic E-state index is 3.52. The van der Waals surface area contributed by atoms with E-state index in [-0.39, 0.29) is 0 Å². The van der Waals surface area contributed by atoms with Crippen LogP contribution in [0.5, 0.6) is 0 Å². The molecule has 2 nitrogen and oxygen atoms in total. The summed E-state index contributed by atoms with van der Waals surface area (Å²) < 4.78 is 1.15. The minimum Gasteiger partial charge on any atom is -0.384 e. The average molecular weight is 283 g/mol. The zero-order valence-electron chi connectivity index (χ0n) is 9.80. The van der Waals surface area contributed by atoms with Gasteiger partial charge in [0.25, 0.3) is 0 Å². The molecule has 0 bridgehead atoms. The molecule has 1 saturated heterocycles. The molecule has 1 aliphatic rings. The molecule has 2 rings (SSSR count). The van der Waals surface area contributed by atoms with E-state index in [1.165, 1.54) is 37.2 Å². The highest BCUT2D eigenvalue weighted by Gasteiger charge is 2.10. The zero-order chi connectivity index (χ0) is 11.4. The van der Waals surface area contributed by atoms with Crippen LogP contribution in [0.2, 0.25) is 0 Å². The third-order valence-electron chi connectivity index (χ3n) is 3.00. The summed E-state index contributed by atoms with van der Waals surface area (Å²) in [5.74, 6) is 0. The first-order chi connectivity index (χ1) is 7.74. The van der Waals surface area contributed by atoms with Gasteiger partial charge in [0.15, 0.2) is 0 Å². The van der Waals surface area contributed by atoms with Crippen LogP contribution in [0.25, 0.3) is 0 Å². The Morgan fingerprint density at radius 2 is 2.00 bits per heavy atom. The van der Waals surface area contributed by atoms with Crippen LogP contribution in [0, 0.1) is 6.92 Å². The summed E-state index contributed by atoms with van der Waals surface area (Å²) in [5, 5.41) is 3.48. The summed E-state index contributed by atoms with van der Waals surface area (Å²) in [5.41, 5.74) is 2.50. The number of hydrogen-bond acceptors (Lipinski definition) is 2. The third kappa shape index (κ3) is 3.49. The normalized spacial score (nSPS) is 16.6. The molecule has 1 aliphatic heterocycles. The van der Waals surface area contributed by atoms with Crippen molar-refractivity contribution in [3.63, 3.8) is 0 Å². The van der Waals surface area contributed by atoms with Gasteiger partial charge >= 0.3 is 0 Å². The lowest BCUT2D eigenvalue weighted by molar-refractivity contribution is 0.352. The third-order valence-corrected chi connectivity index (χ3v) is 3.46. The Morgan fingerprint density at radius 1 is 1.25 bits per heavy atom. The number of halogens is 1. The van der Waals surface area contributed by atoms with Crippen molar-refractivity contribution < 1.29 is 0 Å². The molecule has 0 atom stereocenters. The van der Waals surface area contributed by atoms with Gasteiger partial charge in [0, 0.05) is 23.2 Å². The van der Waals surface area contributed by atoms with Crippen molar-refractivity contribution in [3.05, 3.63) is 28.2 Å². The van der Waals surface area contributed by atoms with Crippen molar-refractivity contribution >= 4 is 21.6 Å². The number of rotatable bonds is 4. The lowest BCUT2D eigenvalue weighted by atomic mass is 10.2. The van der Waals surface area contributed by atoms with Crippen LogP contribution >= 0.6 is 15.9 Å². The molecule has 0 amide bonds. The van der Waals surface area contributed by atoms with Gasteiger partial charge in [0.1, 0.15) is 0 Å². The molecule has 3 heteroatoms. The van der Waals surface area contributed by atoms with E-state index in [2.05, 4.69) is 51.3 Å². The summed E-state index contributed by atoms with van der Waals surface area (Å²) in [6.07, 6.45) is 2.74. The standard InChI is InChI=1S/C13H19BrN2/c1-11-8-12(14)10-13(9-11)15-4-7-16-5-2-3-6-16/h8-10,15H,2-7H2,1H3. The Kier molecular flexibility index (Phi) is 4.24. The quantitative estimate of drug-likeness (QED) is 0.912. The van der Waals surface area contributed by atoms with Crippen LogP contribution in [0.1, 0.15) is 18.4 Å². The van der Waals surface area contributed by atoms with Gasteiger partial charge in [0.2, 0.25) is 0 Å². The van der Waals surface area contributed by atoms with Gasteiger partial charge in [-0.15, -0.1) is 0 Å². The fraction of sp³-hybridized carbons (Fsp3) is 0.538. The second kappa shape index (κ2) is 5.69. The maximum absolute atomic E-state index is 3.52. The summed E-state index contributed by atoms with van der Waals surface area (Å²) >= 11 is 3.52. The van der Waals surface area contributed by atoms with Gasteiger partial charge in [-0.1, -0.05) is 15.9 Å². The molecule has 1 fully saturated rings. The smallest absolute Gasteiger partial charge is 0.0354 e. The van der Waals surface area contributed by atoms with E-state index in [1.54, 1.807) is 0 Å². The Labute approximate surface area is 106 Å². The monoisotopic (exact) mass is 282 g/mol. The Balaban J connectivity index is 1.80. The molecule has 0 aromatic heterocycles. The van der Waals surface area contributed by atoms with Crippen LogP contribution in [0.15, 0.2) is 22.7 Å². The molecule has 0 aliphatic carbocycles. The number of nitrogens with one attached hydrogen (secondary N) is 1. The second-order valence-corrected chi connectivity index (χ2v) is 5.41. The zero-order valence-corrected chi connectivity index (χ0v) is 11.4. The number of benzene rings is 1. The first-order valence-corrected chi connectivity index (χ1v) is 6.77. The van der Waals surface area contributed by atoms with Crippen molar-refractivity contribution in [3.8, 4) is 0 Å². The first-order valence-electron chi connectivity index (χ1n) is 5.97. The molecule has 1 aromatic rings. The summed E-state index contributed by atoms with van der Waals surface area (Å²) in [7, 11) is 0. The van der Waals surface area contributed by atoms with Crippen molar-refractivity contribution in [2.45, 2.75) is 19.8 Å². The number of aryl methyl sites for hydroxylation is 1. The minimum absolute atomic E-state index is 1.04. The Bertz CT molecular complexity index is 326. The van der Waals surface area contributed by atoms with E-state index < -0.39 is 0 Å². The molecule has 0 unspecified atom stereocenters. The van der Waals surface area contributed by atoms with E-state index in [9.17, 15) is 0 Å². The lowest BCUT2D eigenvalue weighted by Crippen LogP contribution is -2.25. The largest absolute Gasteiger partial charge is 0.384 e. The van der Waals surface area contributed by atoms with Gasteiger partial charge in [-0.2, -0.15) is 0 Å². The van der Waals surface area contributed by atoms with Crippen LogP contribution in [0.4, 0.5) is 5.69 Å². The minimum atomic E-state index is 1.04. The lowest BCUT2D eigenvalue weighted by Gasteiger charge is -2.15. The van der Waals surface area contributed by atoms with Gasteiger partial charge in [-0.25, -0.2) is 0 Å². The maximum Gasteiger partial charge on any atom is 0.0354 e. The molecular formula is C13H19BrN2. The van der Waals surface area contributed by atoms with E-state index >= 15 is 0 Å². The highest BCUT2D eigenvalue weighted by Crippen LogP contribution is 2.18. The highest BCUT2D eigenvalue weighted by atomic mass is 79.9. The fourth-order valence-corrected chi connectivity index (χ4v) is 2.81. The summed E-state index contributed by atoms with van der Waals surface area (Å²) in [6, 6.07) is 6.46. The molecule has 1 N–H and O–H groups in total. The van der Waals surface area contributed by atoms with E-state index in [1.807, 2.05) is 0 Å². The van der Waals surface area contributed by atoms with Gasteiger partial charge in [0.05, 0.1) is 0 Å². The van der Waals surface area contributed by atoms with Crippen molar-refractivity contribution in [2.75, 3.05) is 31.5 Å². The molecule has 0 saturated carbocycles. The second-order valence-electron chi connectivity index (χ2n) is 4.49. The fourth-order valence-electron chi connectivity index (χ4n) is 2.20. The molecule has 16 heavy (non-hydrogen) atoms. The SMILES string of the molecule is Cc1cc(Br)cc(NCCN2CCCC2)c1. The number of hydrogen-bond donors (Lipinski definition) is 1. The van der Waals surface area contributed by atoms with Crippen molar-refractivity contribution in [1.82, 2.24) is 4.90 Å². The number of anilines is 1. The van der Waals surface area contributed by atoms with Crippen LogP contribution in [-0.4, -0.2) is 31.1 Å². The molecule has 0 radical (unpaired) electrons. The first kappa shape index (κ1) is 11.9. The molecule has 0 spiro atoms. The van der Waals surface area contributed by atoms with Crippen molar-refractivity contribution in [1.29, 1.82) is 0 Å². The number of likely N-dealkylation sites (tertiary alicyclic amines) is 1. The Hall–Kier alpha value is -0.540. The predicted octanol–water partition coefficient (Wildman–Crippen LogP) is 3.27.